The Morgan fingerprint density at radius 1 is 1.41 bits per heavy atom. The van der Waals surface area contributed by atoms with E-state index in [4.69, 9.17) is 14.5 Å². The second-order valence-electron chi connectivity index (χ2n) is 5.22. The number of ether oxygens (including phenoxy) is 2. The van der Waals surface area contributed by atoms with Gasteiger partial charge in [-0.1, -0.05) is 23.5 Å². The second kappa shape index (κ2) is 5.70. The van der Waals surface area contributed by atoms with Crippen LogP contribution in [0.2, 0.25) is 0 Å². The minimum Gasteiger partial charge on any atom is -0.493 e. The van der Waals surface area contributed by atoms with Crippen LogP contribution in [0.15, 0.2) is 30.5 Å². The molecule has 1 saturated heterocycles. The Kier molecular flexibility index (Phi) is 3.56. The first kappa shape index (κ1) is 13.7. The molecule has 0 radical (unpaired) electrons. The van der Waals surface area contributed by atoms with E-state index in [1.165, 1.54) is 0 Å². The summed E-state index contributed by atoms with van der Waals surface area (Å²) in [6.45, 7) is 3.46. The minimum absolute atomic E-state index is 0.144. The third-order valence-corrected chi connectivity index (χ3v) is 4.74. The Labute approximate surface area is 132 Å². The fraction of sp³-hybridized carbons (Fsp3) is 0.375. The number of hydrogen-bond acceptors (Lipinski definition) is 5. The summed E-state index contributed by atoms with van der Waals surface area (Å²) in [5.41, 5.74) is 1.89. The highest BCUT2D eigenvalue weighted by Gasteiger charge is 2.23. The fourth-order valence-electron chi connectivity index (χ4n) is 2.71. The molecule has 6 heteroatoms. The molecule has 0 N–H and O–H groups in total. The number of hydrogen-bond donors (Lipinski definition) is 0. The van der Waals surface area contributed by atoms with Crippen molar-refractivity contribution in [1.82, 2.24) is 14.6 Å². The molecule has 1 atom stereocenters. The van der Waals surface area contributed by atoms with E-state index >= 15 is 0 Å². The molecule has 22 heavy (non-hydrogen) atoms. The lowest BCUT2D eigenvalue weighted by Gasteiger charge is -2.07. The molecule has 4 rings (SSSR count). The van der Waals surface area contributed by atoms with Gasteiger partial charge in [0, 0.05) is 12.2 Å². The molecule has 1 fully saturated rings. The number of fused-ring (bicyclic) bond motifs is 1. The quantitative estimate of drug-likeness (QED) is 0.736. The van der Waals surface area contributed by atoms with E-state index in [0.717, 1.165) is 46.4 Å². The lowest BCUT2D eigenvalue weighted by Crippen LogP contribution is -1.96. The van der Waals surface area contributed by atoms with Crippen LogP contribution in [0.25, 0.3) is 16.2 Å². The van der Waals surface area contributed by atoms with Gasteiger partial charge in [-0.25, -0.2) is 9.50 Å². The zero-order valence-electron chi connectivity index (χ0n) is 12.4. The van der Waals surface area contributed by atoms with Crippen molar-refractivity contribution in [2.24, 2.45) is 0 Å². The van der Waals surface area contributed by atoms with Crippen LogP contribution < -0.4 is 4.74 Å². The highest BCUT2D eigenvalue weighted by atomic mass is 32.1. The normalized spacial score (nSPS) is 18.1. The van der Waals surface area contributed by atoms with Gasteiger partial charge >= 0.3 is 0 Å². The molecule has 114 valence electrons. The molecule has 0 saturated carbocycles. The van der Waals surface area contributed by atoms with Crippen molar-refractivity contribution in [2.45, 2.75) is 25.9 Å². The molecule has 1 aromatic carbocycles. The van der Waals surface area contributed by atoms with Crippen LogP contribution in [0, 0.1) is 0 Å². The summed E-state index contributed by atoms with van der Waals surface area (Å²) in [6.07, 6.45) is 4.27. The molecular weight excluding hydrogens is 298 g/mol. The maximum atomic E-state index is 5.69. The van der Waals surface area contributed by atoms with E-state index in [0.29, 0.717) is 6.61 Å². The molecule has 1 aliphatic rings. The van der Waals surface area contributed by atoms with Crippen LogP contribution in [-0.2, 0) is 4.74 Å². The first-order valence-corrected chi connectivity index (χ1v) is 8.36. The van der Waals surface area contributed by atoms with E-state index < -0.39 is 0 Å². The summed E-state index contributed by atoms with van der Waals surface area (Å²) in [7, 11) is 0. The van der Waals surface area contributed by atoms with Crippen LogP contribution in [0.3, 0.4) is 0 Å². The summed E-state index contributed by atoms with van der Waals surface area (Å²) in [6, 6.07) is 7.97. The molecular formula is C16H17N3O2S. The topological polar surface area (TPSA) is 48.7 Å². The molecule has 0 bridgehead atoms. The van der Waals surface area contributed by atoms with Crippen LogP contribution in [0.1, 0.15) is 30.9 Å². The van der Waals surface area contributed by atoms with Crippen LogP contribution >= 0.6 is 11.3 Å². The van der Waals surface area contributed by atoms with Gasteiger partial charge in [-0.05, 0) is 31.9 Å². The lowest BCUT2D eigenvalue weighted by atomic mass is 10.1. The van der Waals surface area contributed by atoms with Crippen LogP contribution in [-0.4, -0.2) is 27.8 Å². The van der Waals surface area contributed by atoms with Gasteiger partial charge in [0.1, 0.15) is 16.9 Å². The highest BCUT2D eigenvalue weighted by molar-refractivity contribution is 7.16. The molecule has 1 unspecified atom stereocenters. The van der Waals surface area contributed by atoms with E-state index in [9.17, 15) is 0 Å². The van der Waals surface area contributed by atoms with Gasteiger partial charge in [-0.2, -0.15) is 5.10 Å². The number of rotatable bonds is 4. The van der Waals surface area contributed by atoms with Gasteiger partial charge in [0.2, 0.25) is 4.96 Å². The first-order chi connectivity index (χ1) is 10.8. The van der Waals surface area contributed by atoms with Crippen molar-refractivity contribution in [3.63, 3.8) is 0 Å². The van der Waals surface area contributed by atoms with Gasteiger partial charge in [0.25, 0.3) is 0 Å². The molecule has 3 aromatic rings. The second-order valence-corrected chi connectivity index (χ2v) is 6.21. The maximum absolute atomic E-state index is 5.69. The van der Waals surface area contributed by atoms with Crippen molar-refractivity contribution >= 4 is 16.3 Å². The molecule has 0 aliphatic carbocycles. The number of aromatic nitrogens is 3. The zero-order valence-corrected chi connectivity index (χ0v) is 13.2. The predicted molar refractivity (Wildman–Crippen MR) is 85.4 cm³/mol. The Morgan fingerprint density at radius 2 is 2.32 bits per heavy atom. The number of nitrogens with zero attached hydrogens (tertiary/aromatic N) is 3. The van der Waals surface area contributed by atoms with Gasteiger partial charge in [0.05, 0.1) is 18.5 Å². The zero-order chi connectivity index (χ0) is 14.9. The largest absolute Gasteiger partial charge is 0.493 e. The Balaban J connectivity index is 1.70. The average Bonchev–Trinajstić information content (AvgIpc) is 3.23. The Bertz CT molecular complexity index is 758. The van der Waals surface area contributed by atoms with E-state index in [1.54, 1.807) is 11.3 Å². The van der Waals surface area contributed by atoms with Crippen LogP contribution in [0.5, 0.6) is 5.75 Å². The van der Waals surface area contributed by atoms with Crippen molar-refractivity contribution in [3.05, 3.63) is 35.5 Å². The van der Waals surface area contributed by atoms with Gasteiger partial charge < -0.3 is 9.47 Å². The SMILES string of the molecule is CCOc1ccccc1-c1cn2nc(C3CCCO3)sc2n1. The number of para-hydroxylation sites is 1. The van der Waals surface area contributed by atoms with Gasteiger partial charge in [-0.15, -0.1) is 0 Å². The molecule has 5 nitrogen and oxygen atoms in total. The summed E-state index contributed by atoms with van der Waals surface area (Å²) in [5.74, 6) is 0.857. The third kappa shape index (κ3) is 2.38. The molecule has 2 aromatic heterocycles. The van der Waals surface area contributed by atoms with Gasteiger partial charge in [-0.3, -0.25) is 0 Å². The summed E-state index contributed by atoms with van der Waals surface area (Å²) in [5, 5.41) is 5.64. The molecule has 0 spiro atoms. The maximum Gasteiger partial charge on any atom is 0.212 e. The molecule has 3 heterocycles. The third-order valence-electron chi connectivity index (χ3n) is 3.73. The smallest absolute Gasteiger partial charge is 0.212 e. The van der Waals surface area contributed by atoms with Crippen molar-refractivity contribution in [3.8, 4) is 17.0 Å². The predicted octanol–water partition coefficient (Wildman–Crippen LogP) is 3.71. The lowest BCUT2D eigenvalue weighted by molar-refractivity contribution is 0.111. The molecule has 0 amide bonds. The average molecular weight is 315 g/mol. The van der Waals surface area contributed by atoms with E-state index in [2.05, 4.69) is 5.10 Å². The van der Waals surface area contributed by atoms with Crippen molar-refractivity contribution in [2.75, 3.05) is 13.2 Å². The standard InChI is InChI=1S/C16H17N3O2S/c1-2-20-13-7-4-3-6-11(13)12-10-19-16(17-12)22-15(18-19)14-8-5-9-21-14/h3-4,6-7,10,14H,2,5,8-9H2,1H3. The monoisotopic (exact) mass is 315 g/mol. The van der Waals surface area contributed by atoms with Crippen LogP contribution in [0.4, 0.5) is 0 Å². The van der Waals surface area contributed by atoms with Crippen molar-refractivity contribution in [1.29, 1.82) is 0 Å². The summed E-state index contributed by atoms with van der Waals surface area (Å²) >= 11 is 1.60. The summed E-state index contributed by atoms with van der Waals surface area (Å²) < 4.78 is 13.2. The Hall–Kier alpha value is -1.92. The molecule has 1 aliphatic heterocycles. The Morgan fingerprint density at radius 3 is 3.09 bits per heavy atom. The first-order valence-electron chi connectivity index (χ1n) is 7.55. The minimum atomic E-state index is 0.144. The van der Waals surface area contributed by atoms with Gasteiger partial charge in [0.15, 0.2) is 0 Å². The van der Waals surface area contributed by atoms with Crippen molar-refractivity contribution < 1.29 is 9.47 Å². The highest BCUT2D eigenvalue weighted by Crippen LogP contribution is 2.34. The fourth-order valence-corrected chi connectivity index (χ4v) is 3.67. The summed E-state index contributed by atoms with van der Waals surface area (Å²) in [4.78, 5) is 5.60. The number of benzene rings is 1. The van der Waals surface area contributed by atoms with E-state index in [-0.39, 0.29) is 6.10 Å². The number of imidazole rings is 1. The van der Waals surface area contributed by atoms with E-state index in [1.807, 2.05) is 41.9 Å².